The number of hydrogen-bond donors (Lipinski definition) is 3. The summed E-state index contributed by atoms with van der Waals surface area (Å²) in [5.41, 5.74) is 2.49. The lowest BCUT2D eigenvalue weighted by atomic mass is 10.0. The van der Waals surface area contributed by atoms with Crippen molar-refractivity contribution >= 4 is 45.9 Å². The lowest BCUT2D eigenvalue weighted by Gasteiger charge is -2.18. The number of aliphatic imine (C=N–C) groups is 1. The number of rotatable bonds is 6. The van der Waals surface area contributed by atoms with Gasteiger partial charge < -0.3 is 15.7 Å². The highest BCUT2D eigenvalue weighted by Gasteiger charge is 2.38. The van der Waals surface area contributed by atoms with Crippen LogP contribution in [0.5, 0.6) is 0 Å². The largest absolute Gasteiger partial charge is 0.396 e. The predicted molar refractivity (Wildman–Crippen MR) is 121 cm³/mol. The number of nitrogens with one attached hydrogen (secondary N) is 2. The third-order valence-electron chi connectivity index (χ3n) is 4.64. The summed E-state index contributed by atoms with van der Waals surface area (Å²) in [7, 11) is 1.78. The van der Waals surface area contributed by atoms with E-state index in [2.05, 4.69) is 55.8 Å². The van der Waals surface area contributed by atoms with Gasteiger partial charge in [-0.3, -0.25) is 4.99 Å². The van der Waals surface area contributed by atoms with Crippen LogP contribution in [0, 0.1) is 0 Å². The first-order chi connectivity index (χ1) is 12.2. The summed E-state index contributed by atoms with van der Waals surface area (Å²) in [5.74, 6) is 1.38. The number of nitrogens with zero attached hydrogens (tertiary/aromatic N) is 1. The molecular weight excluding hydrogens is 505 g/mol. The van der Waals surface area contributed by atoms with Gasteiger partial charge in [0.05, 0.1) is 6.61 Å². The minimum atomic E-state index is 0. The second-order valence-corrected chi connectivity index (χ2v) is 7.30. The highest BCUT2D eigenvalue weighted by atomic mass is 127. The van der Waals surface area contributed by atoms with E-state index >= 15 is 0 Å². The monoisotopic (exact) mass is 529 g/mol. The Bertz CT molecular complexity index is 709. The number of hydrogen-bond acceptors (Lipinski definition) is 2. The van der Waals surface area contributed by atoms with E-state index in [-0.39, 0.29) is 36.5 Å². The molecule has 140 valence electrons. The van der Waals surface area contributed by atoms with Crippen molar-refractivity contribution in [3.8, 4) is 0 Å². The van der Waals surface area contributed by atoms with Crippen LogP contribution in [-0.4, -0.2) is 37.3 Å². The summed E-state index contributed by atoms with van der Waals surface area (Å²) in [5, 5.41) is 16.5. The van der Waals surface area contributed by atoms with E-state index in [9.17, 15) is 5.11 Å². The molecular formula is C20H25BrIN3O. The molecule has 3 atom stereocenters. The third-order valence-corrected chi connectivity index (χ3v) is 5.17. The molecule has 2 aromatic rings. The van der Waals surface area contributed by atoms with Gasteiger partial charge >= 0.3 is 0 Å². The van der Waals surface area contributed by atoms with Gasteiger partial charge in [0.25, 0.3) is 0 Å². The molecule has 1 aliphatic rings. The lowest BCUT2D eigenvalue weighted by molar-refractivity contribution is 0.265. The Morgan fingerprint density at radius 3 is 2.50 bits per heavy atom. The minimum absolute atomic E-state index is 0. The summed E-state index contributed by atoms with van der Waals surface area (Å²) in [4.78, 5) is 4.32. The maximum Gasteiger partial charge on any atom is 0.191 e. The molecule has 0 saturated heterocycles. The molecule has 3 N–H and O–H groups in total. The summed E-state index contributed by atoms with van der Waals surface area (Å²) in [6, 6.07) is 19.0. The van der Waals surface area contributed by atoms with Crippen LogP contribution in [0.1, 0.15) is 29.4 Å². The van der Waals surface area contributed by atoms with E-state index in [1.54, 1.807) is 7.05 Å². The first kappa shape index (κ1) is 21.2. The van der Waals surface area contributed by atoms with Gasteiger partial charge in [-0.15, -0.1) is 24.0 Å². The molecule has 6 heteroatoms. The van der Waals surface area contributed by atoms with Crippen LogP contribution < -0.4 is 10.6 Å². The van der Waals surface area contributed by atoms with Crippen molar-refractivity contribution in [3.05, 3.63) is 70.2 Å². The zero-order chi connectivity index (χ0) is 17.6. The van der Waals surface area contributed by atoms with Crippen molar-refractivity contribution in [2.24, 2.45) is 4.99 Å². The van der Waals surface area contributed by atoms with Crippen LogP contribution in [0.15, 0.2) is 64.1 Å². The molecule has 2 aromatic carbocycles. The van der Waals surface area contributed by atoms with Crippen molar-refractivity contribution in [2.45, 2.75) is 24.3 Å². The molecule has 0 bridgehead atoms. The third kappa shape index (κ3) is 5.69. The Kier molecular flexibility index (Phi) is 8.37. The average molecular weight is 530 g/mol. The van der Waals surface area contributed by atoms with Gasteiger partial charge in [0, 0.05) is 35.9 Å². The topological polar surface area (TPSA) is 56.7 Å². The highest BCUT2D eigenvalue weighted by Crippen LogP contribution is 2.40. The van der Waals surface area contributed by atoms with E-state index in [0.29, 0.717) is 18.5 Å². The Morgan fingerprint density at radius 1 is 1.19 bits per heavy atom. The Labute approximate surface area is 180 Å². The SMILES string of the molecule is CN=C(NCC(CO)c1ccccc1)NC1CC1c1ccc(Br)cc1.I. The summed E-state index contributed by atoms with van der Waals surface area (Å²) in [6.45, 7) is 0.759. The first-order valence-electron chi connectivity index (χ1n) is 8.59. The molecule has 3 unspecified atom stereocenters. The van der Waals surface area contributed by atoms with E-state index in [1.807, 2.05) is 30.3 Å². The van der Waals surface area contributed by atoms with Crippen LogP contribution in [0.3, 0.4) is 0 Å². The van der Waals surface area contributed by atoms with Gasteiger partial charge in [0.1, 0.15) is 0 Å². The summed E-state index contributed by atoms with van der Waals surface area (Å²) < 4.78 is 1.11. The van der Waals surface area contributed by atoms with E-state index in [1.165, 1.54) is 5.56 Å². The molecule has 0 spiro atoms. The number of guanidine groups is 1. The first-order valence-corrected chi connectivity index (χ1v) is 9.39. The van der Waals surface area contributed by atoms with E-state index < -0.39 is 0 Å². The molecule has 0 aromatic heterocycles. The standard InChI is InChI=1S/C20H24BrN3O.HI/c1-22-20(23-12-16(13-25)14-5-3-2-4-6-14)24-19-11-18(19)15-7-9-17(21)10-8-15;/h2-10,16,18-19,25H,11-13H2,1H3,(H2,22,23,24);1H. The fourth-order valence-electron chi connectivity index (χ4n) is 3.04. The smallest absolute Gasteiger partial charge is 0.191 e. The highest BCUT2D eigenvalue weighted by molar-refractivity contribution is 14.0. The van der Waals surface area contributed by atoms with Crippen LogP contribution in [-0.2, 0) is 0 Å². The van der Waals surface area contributed by atoms with Gasteiger partial charge in [-0.05, 0) is 29.7 Å². The molecule has 1 saturated carbocycles. The molecule has 0 radical (unpaired) electrons. The average Bonchev–Trinajstić information content (AvgIpc) is 3.42. The normalized spacial score (nSPS) is 20.0. The zero-order valence-corrected chi connectivity index (χ0v) is 18.6. The Morgan fingerprint density at radius 2 is 1.88 bits per heavy atom. The summed E-state index contributed by atoms with van der Waals surface area (Å²) >= 11 is 3.48. The van der Waals surface area contributed by atoms with Crippen molar-refractivity contribution in [1.82, 2.24) is 10.6 Å². The van der Waals surface area contributed by atoms with Crippen LogP contribution in [0.25, 0.3) is 0 Å². The molecule has 26 heavy (non-hydrogen) atoms. The van der Waals surface area contributed by atoms with E-state index in [4.69, 9.17) is 0 Å². The predicted octanol–water partition coefficient (Wildman–Crippen LogP) is 3.86. The van der Waals surface area contributed by atoms with Crippen molar-refractivity contribution in [2.75, 3.05) is 20.2 Å². The van der Waals surface area contributed by atoms with Crippen LogP contribution in [0.4, 0.5) is 0 Å². The summed E-state index contributed by atoms with van der Waals surface area (Å²) in [6.07, 6.45) is 1.12. The Balaban J connectivity index is 0.00000243. The lowest BCUT2D eigenvalue weighted by Crippen LogP contribution is -2.41. The van der Waals surface area contributed by atoms with E-state index in [0.717, 1.165) is 22.4 Å². The van der Waals surface area contributed by atoms with Gasteiger partial charge in [0.15, 0.2) is 5.96 Å². The molecule has 0 aliphatic heterocycles. The fraction of sp³-hybridized carbons (Fsp3) is 0.350. The number of halogens is 2. The van der Waals surface area contributed by atoms with Crippen LogP contribution >= 0.6 is 39.9 Å². The van der Waals surface area contributed by atoms with Gasteiger partial charge in [-0.1, -0.05) is 58.4 Å². The van der Waals surface area contributed by atoms with Gasteiger partial charge in [-0.25, -0.2) is 0 Å². The number of aliphatic hydroxyl groups is 1. The van der Waals surface area contributed by atoms with Gasteiger partial charge in [0.2, 0.25) is 0 Å². The van der Waals surface area contributed by atoms with Crippen LogP contribution in [0.2, 0.25) is 0 Å². The van der Waals surface area contributed by atoms with Gasteiger partial charge in [-0.2, -0.15) is 0 Å². The maximum atomic E-state index is 9.67. The fourth-order valence-corrected chi connectivity index (χ4v) is 3.30. The molecule has 1 aliphatic carbocycles. The maximum absolute atomic E-state index is 9.67. The van der Waals surface area contributed by atoms with Crippen molar-refractivity contribution < 1.29 is 5.11 Å². The Hall–Kier alpha value is -1.12. The van der Waals surface area contributed by atoms with Crippen molar-refractivity contribution in [3.63, 3.8) is 0 Å². The quantitative estimate of drug-likeness (QED) is 0.302. The molecule has 3 rings (SSSR count). The number of aliphatic hydroxyl groups excluding tert-OH is 1. The minimum Gasteiger partial charge on any atom is -0.396 e. The van der Waals surface area contributed by atoms with Crippen molar-refractivity contribution in [1.29, 1.82) is 0 Å². The zero-order valence-electron chi connectivity index (χ0n) is 14.7. The number of benzene rings is 2. The second-order valence-electron chi connectivity index (χ2n) is 6.39. The molecule has 4 nitrogen and oxygen atoms in total. The molecule has 0 amide bonds. The molecule has 1 fully saturated rings. The second kappa shape index (κ2) is 10.3. The molecule has 0 heterocycles.